The first kappa shape index (κ1) is 16.8. The van der Waals surface area contributed by atoms with Crippen LogP contribution in [0, 0.1) is 0 Å². The summed E-state index contributed by atoms with van der Waals surface area (Å²) >= 11 is 0. The minimum atomic E-state index is -0.0743. The smallest absolute Gasteiger partial charge is 0.197 e. The molecule has 134 valence electrons. The number of aromatic amines is 1. The van der Waals surface area contributed by atoms with Crippen LogP contribution in [0.5, 0.6) is 11.5 Å². The molecule has 27 heavy (non-hydrogen) atoms. The SMILES string of the molecule is COc1cc2[nH]c(-c3ccccc3)c(-c3ccncc3)c(=O)c2cc1OC. The van der Waals surface area contributed by atoms with E-state index in [1.165, 1.54) is 0 Å². The first-order valence-electron chi connectivity index (χ1n) is 8.50. The molecule has 4 rings (SSSR count). The van der Waals surface area contributed by atoms with E-state index in [-0.39, 0.29) is 5.43 Å². The molecule has 0 aliphatic heterocycles. The van der Waals surface area contributed by atoms with E-state index in [0.717, 1.165) is 16.8 Å². The minimum absolute atomic E-state index is 0.0743. The summed E-state index contributed by atoms with van der Waals surface area (Å²) in [5.74, 6) is 1.08. The molecule has 1 N–H and O–H groups in total. The van der Waals surface area contributed by atoms with Gasteiger partial charge in [-0.2, -0.15) is 0 Å². The second-order valence-corrected chi connectivity index (χ2v) is 6.06. The molecule has 5 heteroatoms. The van der Waals surface area contributed by atoms with Crippen LogP contribution in [0.15, 0.2) is 71.8 Å². The first-order chi connectivity index (χ1) is 13.2. The van der Waals surface area contributed by atoms with Crippen LogP contribution >= 0.6 is 0 Å². The van der Waals surface area contributed by atoms with Crippen molar-refractivity contribution in [2.75, 3.05) is 14.2 Å². The number of nitrogens with zero attached hydrogens (tertiary/aromatic N) is 1. The van der Waals surface area contributed by atoms with E-state index in [4.69, 9.17) is 9.47 Å². The molecular formula is C22H18N2O3. The summed E-state index contributed by atoms with van der Waals surface area (Å²) in [6.45, 7) is 0. The van der Waals surface area contributed by atoms with E-state index in [1.807, 2.05) is 42.5 Å². The lowest BCUT2D eigenvalue weighted by Gasteiger charge is -2.14. The molecule has 0 unspecified atom stereocenters. The standard InChI is InChI=1S/C22H18N2O3/c1-26-18-12-16-17(13-19(18)27-2)24-21(15-6-4-3-5-7-15)20(22(16)25)14-8-10-23-11-9-14/h3-13H,1-2H3,(H,24,25). The van der Waals surface area contributed by atoms with Crippen molar-refractivity contribution in [1.82, 2.24) is 9.97 Å². The molecule has 0 saturated heterocycles. The van der Waals surface area contributed by atoms with Gasteiger partial charge in [-0.3, -0.25) is 9.78 Å². The Labute approximate surface area is 156 Å². The minimum Gasteiger partial charge on any atom is -0.493 e. The Hall–Kier alpha value is -3.60. The van der Waals surface area contributed by atoms with E-state index >= 15 is 0 Å². The zero-order chi connectivity index (χ0) is 18.8. The Morgan fingerprint density at radius 1 is 0.852 bits per heavy atom. The van der Waals surface area contributed by atoms with Gasteiger partial charge in [0.1, 0.15) is 0 Å². The van der Waals surface area contributed by atoms with Crippen molar-refractivity contribution in [3.8, 4) is 33.9 Å². The largest absolute Gasteiger partial charge is 0.493 e. The molecule has 0 fully saturated rings. The maximum atomic E-state index is 13.5. The van der Waals surface area contributed by atoms with Gasteiger partial charge in [0.25, 0.3) is 0 Å². The number of fused-ring (bicyclic) bond motifs is 1. The van der Waals surface area contributed by atoms with Crippen LogP contribution in [-0.2, 0) is 0 Å². The van der Waals surface area contributed by atoms with Crippen LogP contribution in [-0.4, -0.2) is 24.2 Å². The molecule has 2 aromatic carbocycles. The van der Waals surface area contributed by atoms with Gasteiger partial charge in [0.2, 0.25) is 0 Å². The quantitative estimate of drug-likeness (QED) is 0.592. The lowest BCUT2D eigenvalue weighted by atomic mass is 9.97. The monoisotopic (exact) mass is 358 g/mol. The summed E-state index contributed by atoms with van der Waals surface area (Å²) in [7, 11) is 3.13. The van der Waals surface area contributed by atoms with Crippen LogP contribution in [0.25, 0.3) is 33.3 Å². The van der Waals surface area contributed by atoms with Gasteiger partial charge in [-0.15, -0.1) is 0 Å². The number of rotatable bonds is 4. The number of hydrogen-bond acceptors (Lipinski definition) is 4. The number of ether oxygens (including phenoxy) is 2. The van der Waals surface area contributed by atoms with Crippen molar-refractivity contribution in [3.05, 3.63) is 77.2 Å². The predicted octanol–water partition coefficient (Wildman–Crippen LogP) is 4.27. The third-order valence-corrected chi connectivity index (χ3v) is 4.54. The van der Waals surface area contributed by atoms with E-state index in [2.05, 4.69) is 9.97 Å². The number of aromatic nitrogens is 2. The van der Waals surface area contributed by atoms with Gasteiger partial charge in [0.15, 0.2) is 16.9 Å². The van der Waals surface area contributed by atoms with Crippen LogP contribution in [0.4, 0.5) is 0 Å². The van der Waals surface area contributed by atoms with Gasteiger partial charge < -0.3 is 14.5 Å². The highest BCUT2D eigenvalue weighted by Crippen LogP contribution is 2.34. The highest BCUT2D eigenvalue weighted by atomic mass is 16.5. The van der Waals surface area contributed by atoms with Crippen LogP contribution in [0.1, 0.15) is 0 Å². The molecular weight excluding hydrogens is 340 g/mol. The number of nitrogens with one attached hydrogen (secondary N) is 1. The van der Waals surface area contributed by atoms with E-state index < -0.39 is 0 Å². The lowest BCUT2D eigenvalue weighted by molar-refractivity contribution is 0.356. The van der Waals surface area contributed by atoms with Crippen molar-refractivity contribution < 1.29 is 9.47 Å². The Bertz CT molecular complexity index is 1150. The third-order valence-electron chi connectivity index (χ3n) is 4.54. The summed E-state index contributed by atoms with van der Waals surface area (Å²) in [6, 6.07) is 17.0. The molecule has 0 atom stereocenters. The number of pyridine rings is 2. The molecule has 0 saturated carbocycles. The zero-order valence-corrected chi connectivity index (χ0v) is 15.0. The highest BCUT2D eigenvalue weighted by molar-refractivity contribution is 5.92. The molecule has 0 radical (unpaired) electrons. The van der Waals surface area contributed by atoms with Gasteiger partial charge in [0, 0.05) is 18.5 Å². The molecule has 2 aromatic heterocycles. The topological polar surface area (TPSA) is 64.2 Å². The van der Waals surface area contributed by atoms with Crippen molar-refractivity contribution in [2.45, 2.75) is 0 Å². The zero-order valence-electron chi connectivity index (χ0n) is 15.0. The predicted molar refractivity (Wildman–Crippen MR) is 106 cm³/mol. The Morgan fingerprint density at radius 3 is 2.19 bits per heavy atom. The second-order valence-electron chi connectivity index (χ2n) is 6.06. The first-order valence-corrected chi connectivity index (χ1v) is 8.50. The van der Waals surface area contributed by atoms with E-state index in [1.54, 1.807) is 38.7 Å². The van der Waals surface area contributed by atoms with Gasteiger partial charge in [-0.05, 0) is 29.3 Å². The van der Waals surface area contributed by atoms with Crippen molar-refractivity contribution in [2.24, 2.45) is 0 Å². The maximum absolute atomic E-state index is 13.5. The summed E-state index contributed by atoms with van der Waals surface area (Å²) in [5, 5.41) is 0.541. The van der Waals surface area contributed by atoms with Crippen molar-refractivity contribution >= 4 is 10.9 Å². The molecule has 0 amide bonds. The van der Waals surface area contributed by atoms with Crippen LogP contribution in [0.3, 0.4) is 0 Å². The van der Waals surface area contributed by atoms with Gasteiger partial charge in [-0.25, -0.2) is 0 Å². The fraction of sp³-hybridized carbons (Fsp3) is 0.0909. The normalized spacial score (nSPS) is 10.7. The molecule has 0 spiro atoms. The number of H-pyrrole nitrogens is 1. The van der Waals surface area contributed by atoms with Gasteiger partial charge in [-0.1, -0.05) is 30.3 Å². The number of benzene rings is 2. The average molecular weight is 358 g/mol. The average Bonchev–Trinajstić information content (AvgIpc) is 2.74. The number of methoxy groups -OCH3 is 2. The number of hydrogen-bond donors (Lipinski definition) is 1. The second kappa shape index (κ2) is 6.96. The Kier molecular flexibility index (Phi) is 4.34. The van der Waals surface area contributed by atoms with Crippen molar-refractivity contribution in [3.63, 3.8) is 0 Å². The molecule has 0 bridgehead atoms. The Balaban J connectivity index is 2.12. The van der Waals surface area contributed by atoms with Crippen molar-refractivity contribution in [1.29, 1.82) is 0 Å². The van der Waals surface area contributed by atoms with E-state index in [9.17, 15) is 4.79 Å². The summed E-state index contributed by atoms with van der Waals surface area (Å²) in [4.78, 5) is 20.9. The van der Waals surface area contributed by atoms with Gasteiger partial charge in [0.05, 0.1) is 36.4 Å². The summed E-state index contributed by atoms with van der Waals surface area (Å²) in [5.41, 5.74) is 3.71. The van der Waals surface area contributed by atoms with Gasteiger partial charge >= 0.3 is 0 Å². The molecule has 0 aliphatic rings. The molecule has 5 nitrogen and oxygen atoms in total. The van der Waals surface area contributed by atoms with E-state index in [0.29, 0.717) is 28.0 Å². The summed E-state index contributed by atoms with van der Waals surface area (Å²) in [6.07, 6.45) is 3.37. The highest BCUT2D eigenvalue weighted by Gasteiger charge is 2.17. The fourth-order valence-electron chi connectivity index (χ4n) is 3.23. The maximum Gasteiger partial charge on any atom is 0.197 e. The van der Waals surface area contributed by atoms with Crippen LogP contribution < -0.4 is 14.9 Å². The lowest BCUT2D eigenvalue weighted by Crippen LogP contribution is -2.10. The van der Waals surface area contributed by atoms with Crippen LogP contribution in [0.2, 0.25) is 0 Å². The summed E-state index contributed by atoms with van der Waals surface area (Å²) < 4.78 is 10.8. The molecule has 0 aliphatic carbocycles. The molecule has 2 heterocycles. The fourth-order valence-corrected chi connectivity index (χ4v) is 3.23. The molecule has 4 aromatic rings. The third kappa shape index (κ3) is 2.93. The Morgan fingerprint density at radius 2 is 1.52 bits per heavy atom.